The lowest BCUT2D eigenvalue weighted by atomic mass is 10.2. The molecular formula is C14H22N4O2. The summed E-state index contributed by atoms with van der Waals surface area (Å²) in [6, 6.07) is 0. The number of rotatable bonds is 6. The molecule has 20 heavy (non-hydrogen) atoms. The summed E-state index contributed by atoms with van der Waals surface area (Å²) in [6.07, 6.45) is 4.09. The van der Waals surface area contributed by atoms with Gasteiger partial charge in [0.25, 0.3) is 0 Å². The summed E-state index contributed by atoms with van der Waals surface area (Å²) in [4.78, 5) is 22.0. The van der Waals surface area contributed by atoms with E-state index in [1.807, 2.05) is 13.8 Å². The highest BCUT2D eigenvalue weighted by Crippen LogP contribution is 2.16. The zero-order chi connectivity index (χ0) is 14.5. The van der Waals surface area contributed by atoms with E-state index in [4.69, 9.17) is 0 Å². The number of likely N-dealkylation sites (tertiary alicyclic amines) is 1. The van der Waals surface area contributed by atoms with Crippen molar-refractivity contribution in [1.29, 1.82) is 0 Å². The molecule has 0 aliphatic carbocycles. The molecular weight excluding hydrogens is 256 g/mol. The SMILES string of the molecule is CC(C)c1ncc(NCCN2CCCC2)c(C(=O)O)n1. The van der Waals surface area contributed by atoms with Crippen LogP contribution in [-0.2, 0) is 0 Å². The van der Waals surface area contributed by atoms with Crippen LogP contribution in [0.3, 0.4) is 0 Å². The van der Waals surface area contributed by atoms with Crippen molar-refractivity contribution in [3.63, 3.8) is 0 Å². The number of nitrogens with one attached hydrogen (secondary N) is 1. The van der Waals surface area contributed by atoms with Gasteiger partial charge in [0.05, 0.1) is 11.9 Å². The number of carboxylic acids is 1. The van der Waals surface area contributed by atoms with Gasteiger partial charge in [-0.25, -0.2) is 14.8 Å². The summed E-state index contributed by atoms with van der Waals surface area (Å²) in [5, 5.41) is 12.4. The Hall–Kier alpha value is -1.69. The van der Waals surface area contributed by atoms with Crippen LogP contribution in [0.2, 0.25) is 0 Å². The lowest BCUT2D eigenvalue weighted by molar-refractivity contribution is 0.0691. The second-order valence-electron chi connectivity index (χ2n) is 5.43. The Labute approximate surface area is 119 Å². The highest BCUT2D eigenvalue weighted by molar-refractivity contribution is 5.91. The van der Waals surface area contributed by atoms with Gasteiger partial charge >= 0.3 is 5.97 Å². The lowest BCUT2D eigenvalue weighted by Crippen LogP contribution is -2.26. The summed E-state index contributed by atoms with van der Waals surface area (Å²) in [7, 11) is 0. The van der Waals surface area contributed by atoms with Crippen LogP contribution in [0.15, 0.2) is 6.20 Å². The van der Waals surface area contributed by atoms with Crippen LogP contribution in [0.25, 0.3) is 0 Å². The Bertz CT molecular complexity index is 470. The standard InChI is InChI=1S/C14H22N4O2/c1-10(2)13-16-9-11(12(17-13)14(19)20)15-5-8-18-6-3-4-7-18/h9-10,15H,3-8H2,1-2H3,(H,19,20). The predicted molar refractivity (Wildman–Crippen MR) is 77.2 cm³/mol. The molecule has 0 amide bonds. The first kappa shape index (κ1) is 14.7. The van der Waals surface area contributed by atoms with Crippen molar-refractivity contribution < 1.29 is 9.90 Å². The van der Waals surface area contributed by atoms with E-state index in [-0.39, 0.29) is 11.6 Å². The summed E-state index contributed by atoms with van der Waals surface area (Å²) in [6.45, 7) is 7.80. The largest absolute Gasteiger partial charge is 0.476 e. The average Bonchev–Trinajstić information content (AvgIpc) is 2.91. The van der Waals surface area contributed by atoms with E-state index >= 15 is 0 Å². The summed E-state index contributed by atoms with van der Waals surface area (Å²) in [5.41, 5.74) is 0.561. The molecule has 0 saturated carbocycles. The van der Waals surface area contributed by atoms with Gasteiger partial charge in [0.15, 0.2) is 5.69 Å². The number of aromatic carboxylic acids is 1. The minimum absolute atomic E-state index is 0.0603. The molecule has 110 valence electrons. The smallest absolute Gasteiger partial charge is 0.356 e. The molecule has 6 nitrogen and oxygen atoms in total. The van der Waals surface area contributed by atoms with E-state index in [0.717, 1.165) is 19.6 Å². The van der Waals surface area contributed by atoms with Gasteiger partial charge in [-0.1, -0.05) is 13.8 Å². The van der Waals surface area contributed by atoms with Crippen LogP contribution in [0.1, 0.15) is 48.9 Å². The molecule has 0 radical (unpaired) electrons. The normalized spacial score (nSPS) is 15.8. The highest BCUT2D eigenvalue weighted by Gasteiger charge is 2.16. The first-order valence-electron chi connectivity index (χ1n) is 7.14. The van der Waals surface area contributed by atoms with Crippen molar-refractivity contribution >= 4 is 11.7 Å². The number of carbonyl (C=O) groups is 1. The van der Waals surface area contributed by atoms with Crippen molar-refractivity contribution in [2.24, 2.45) is 0 Å². The number of aromatic nitrogens is 2. The topological polar surface area (TPSA) is 78.4 Å². The van der Waals surface area contributed by atoms with Crippen LogP contribution in [-0.4, -0.2) is 52.1 Å². The first-order valence-corrected chi connectivity index (χ1v) is 7.14. The monoisotopic (exact) mass is 278 g/mol. The van der Waals surface area contributed by atoms with Gasteiger partial charge in [-0.2, -0.15) is 0 Å². The first-order chi connectivity index (χ1) is 9.58. The van der Waals surface area contributed by atoms with Gasteiger partial charge < -0.3 is 15.3 Å². The zero-order valence-electron chi connectivity index (χ0n) is 12.1. The molecule has 1 aliphatic rings. The highest BCUT2D eigenvalue weighted by atomic mass is 16.4. The number of hydrogen-bond acceptors (Lipinski definition) is 5. The second kappa shape index (κ2) is 6.65. The van der Waals surface area contributed by atoms with E-state index in [1.54, 1.807) is 6.20 Å². The minimum Gasteiger partial charge on any atom is -0.476 e. The second-order valence-corrected chi connectivity index (χ2v) is 5.43. The fourth-order valence-electron chi connectivity index (χ4n) is 2.32. The van der Waals surface area contributed by atoms with Crippen molar-refractivity contribution in [2.45, 2.75) is 32.6 Å². The molecule has 2 rings (SSSR count). The Morgan fingerprint density at radius 3 is 2.75 bits per heavy atom. The fraction of sp³-hybridized carbons (Fsp3) is 0.643. The Morgan fingerprint density at radius 2 is 2.15 bits per heavy atom. The summed E-state index contributed by atoms with van der Waals surface area (Å²) in [5.74, 6) is -0.336. The molecule has 0 aromatic carbocycles. The lowest BCUT2D eigenvalue weighted by Gasteiger charge is -2.16. The Morgan fingerprint density at radius 1 is 1.45 bits per heavy atom. The predicted octanol–water partition coefficient (Wildman–Crippen LogP) is 1.81. The molecule has 1 saturated heterocycles. The van der Waals surface area contributed by atoms with E-state index in [9.17, 15) is 9.90 Å². The third-order valence-corrected chi connectivity index (χ3v) is 3.47. The molecule has 1 aromatic rings. The van der Waals surface area contributed by atoms with Crippen LogP contribution in [0, 0.1) is 0 Å². The third kappa shape index (κ3) is 3.66. The van der Waals surface area contributed by atoms with Crippen molar-refractivity contribution in [1.82, 2.24) is 14.9 Å². The van der Waals surface area contributed by atoms with Gasteiger partial charge in [0, 0.05) is 19.0 Å². The van der Waals surface area contributed by atoms with E-state index in [1.165, 1.54) is 12.8 Å². The van der Waals surface area contributed by atoms with Crippen LogP contribution >= 0.6 is 0 Å². The summed E-state index contributed by atoms with van der Waals surface area (Å²) < 4.78 is 0. The van der Waals surface area contributed by atoms with Gasteiger partial charge in [0.1, 0.15) is 5.82 Å². The van der Waals surface area contributed by atoms with E-state index < -0.39 is 5.97 Å². The maximum absolute atomic E-state index is 11.3. The summed E-state index contributed by atoms with van der Waals surface area (Å²) >= 11 is 0. The number of carboxylic acid groups (broad SMARTS) is 1. The molecule has 0 unspecified atom stereocenters. The third-order valence-electron chi connectivity index (χ3n) is 3.47. The van der Waals surface area contributed by atoms with Crippen LogP contribution in [0.5, 0.6) is 0 Å². The molecule has 2 heterocycles. The van der Waals surface area contributed by atoms with Gasteiger partial charge in [0.2, 0.25) is 0 Å². The zero-order valence-corrected chi connectivity index (χ0v) is 12.1. The van der Waals surface area contributed by atoms with Crippen LogP contribution < -0.4 is 5.32 Å². The van der Waals surface area contributed by atoms with Gasteiger partial charge in [-0.3, -0.25) is 0 Å². The van der Waals surface area contributed by atoms with E-state index in [0.29, 0.717) is 18.1 Å². The van der Waals surface area contributed by atoms with Crippen molar-refractivity contribution in [2.75, 3.05) is 31.5 Å². The molecule has 2 N–H and O–H groups in total. The van der Waals surface area contributed by atoms with Crippen molar-refractivity contribution in [3.05, 3.63) is 17.7 Å². The Kier molecular flexibility index (Phi) is 4.89. The Balaban J connectivity index is 2.00. The van der Waals surface area contributed by atoms with Gasteiger partial charge in [-0.15, -0.1) is 0 Å². The molecule has 6 heteroatoms. The maximum Gasteiger partial charge on any atom is 0.356 e. The molecule has 0 bridgehead atoms. The molecule has 1 aromatic heterocycles. The average molecular weight is 278 g/mol. The fourth-order valence-corrected chi connectivity index (χ4v) is 2.32. The number of hydrogen-bond donors (Lipinski definition) is 2. The maximum atomic E-state index is 11.3. The van der Waals surface area contributed by atoms with E-state index in [2.05, 4.69) is 20.2 Å². The molecule has 1 fully saturated rings. The van der Waals surface area contributed by atoms with Crippen molar-refractivity contribution in [3.8, 4) is 0 Å². The molecule has 1 aliphatic heterocycles. The number of nitrogens with zero attached hydrogens (tertiary/aromatic N) is 3. The van der Waals surface area contributed by atoms with Gasteiger partial charge in [-0.05, 0) is 25.9 Å². The molecule has 0 atom stereocenters. The minimum atomic E-state index is -1.02. The number of anilines is 1. The van der Waals surface area contributed by atoms with Crippen LogP contribution in [0.4, 0.5) is 5.69 Å². The quantitative estimate of drug-likeness (QED) is 0.826. The molecule has 0 spiro atoms.